The number of hydrogen-bond acceptors (Lipinski definition) is 5. The summed E-state index contributed by atoms with van der Waals surface area (Å²) in [4.78, 5) is 11.4. The molecule has 0 saturated heterocycles. The topological polar surface area (TPSA) is 85.3 Å². The van der Waals surface area contributed by atoms with Crippen molar-refractivity contribution in [1.29, 1.82) is 0 Å². The van der Waals surface area contributed by atoms with E-state index in [2.05, 4.69) is 0 Å². The summed E-state index contributed by atoms with van der Waals surface area (Å²) in [5.41, 5.74) is -2.68. The quantitative estimate of drug-likeness (QED) is 0.348. The molecule has 0 atom stereocenters. The molecule has 5 nitrogen and oxygen atoms in total. The number of benzene rings is 2. The Morgan fingerprint density at radius 2 is 1.46 bits per heavy atom. The van der Waals surface area contributed by atoms with Crippen molar-refractivity contribution in [2.45, 2.75) is 53.1 Å². The van der Waals surface area contributed by atoms with Crippen LogP contribution in [0.1, 0.15) is 47.2 Å². The molecule has 0 unspecified atom stereocenters. The molecule has 0 aromatic heterocycles. The number of halogens is 6. The molecule has 0 amide bonds. The Labute approximate surface area is 198 Å². The molecule has 0 radical (unpaired) electrons. The minimum absolute atomic E-state index is 0.0950. The Balaban J connectivity index is 1.67. The highest BCUT2D eigenvalue weighted by molar-refractivity contribution is 7.92. The highest BCUT2D eigenvalue weighted by Crippen LogP contribution is 2.40. The lowest BCUT2D eigenvalue weighted by Gasteiger charge is -2.35. The van der Waals surface area contributed by atoms with E-state index in [-0.39, 0.29) is 37.2 Å². The summed E-state index contributed by atoms with van der Waals surface area (Å²) in [6.07, 6.45) is -8.69. The molecule has 1 saturated carbocycles. The summed E-state index contributed by atoms with van der Waals surface area (Å²) >= 11 is 0. The van der Waals surface area contributed by atoms with E-state index in [9.17, 15) is 48.0 Å². The third kappa shape index (κ3) is 6.05. The van der Waals surface area contributed by atoms with Crippen LogP contribution in [0.5, 0.6) is 0 Å². The zero-order chi connectivity index (χ0) is 26.4. The van der Waals surface area contributed by atoms with E-state index in [0.29, 0.717) is 24.5 Å². The number of rotatable bonds is 7. The van der Waals surface area contributed by atoms with Crippen LogP contribution in [-0.4, -0.2) is 34.1 Å². The van der Waals surface area contributed by atoms with Crippen molar-refractivity contribution in [3.63, 3.8) is 0 Å². The largest absolute Gasteiger partial charge is 0.416 e. The number of carbonyl (C=O) groups is 1. The van der Waals surface area contributed by atoms with Crippen molar-refractivity contribution in [2.75, 3.05) is 6.26 Å². The molecule has 0 heterocycles. The SMILES string of the molecule is CS(=O)(=O)c1cc(C(F)(F)F)ccc1C(=O)CCC1CC(S(=O)(=O)c2cccc(C(F)(F)F)c2)C1. The fraction of sp³-hybridized carbons (Fsp3) is 0.409. The van der Waals surface area contributed by atoms with E-state index >= 15 is 0 Å². The van der Waals surface area contributed by atoms with Crippen molar-refractivity contribution in [2.24, 2.45) is 5.92 Å². The lowest BCUT2D eigenvalue weighted by molar-refractivity contribution is -0.138. The molecule has 1 aliphatic rings. The van der Waals surface area contributed by atoms with Crippen molar-refractivity contribution < 1.29 is 48.0 Å². The van der Waals surface area contributed by atoms with Gasteiger partial charge in [0.25, 0.3) is 0 Å². The van der Waals surface area contributed by atoms with Crippen molar-refractivity contribution in [1.82, 2.24) is 0 Å². The highest BCUT2D eigenvalue weighted by atomic mass is 32.2. The monoisotopic (exact) mass is 542 g/mol. The van der Waals surface area contributed by atoms with Crippen LogP contribution >= 0.6 is 0 Å². The van der Waals surface area contributed by atoms with Crippen LogP contribution in [0.25, 0.3) is 0 Å². The Morgan fingerprint density at radius 1 is 0.886 bits per heavy atom. The van der Waals surface area contributed by atoms with E-state index in [1.54, 1.807) is 0 Å². The standard InChI is InChI=1S/C22H20F6O5S2/c1-34(30,31)20-12-15(22(26,27)28)6-7-18(20)19(29)8-5-13-9-17(10-13)35(32,33)16-4-2-3-14(11-16)21(23,24)25/h2-4,6-7,11-13,17H,5,8-10H2,1H3. The van der Waals surface area contributed by atoms with Crippen LogP contribution < -0.4 is 0 Å². The van der Waals surface area contributed by atoms with Crippen LogP contribution in [0, 0.1) is 5.92 Å². The summed E-state index contributed by atoms with van der Waals surface area (Å²) in [5.74, 6) is -0.969. The van der Waals surface area contributed by atoms with Gasteiger partial charge in [-0.25, -0.2) is 16.8 Å². The summed E-state index contributed by atoms with van der Waals surface area (Å²) in [5, 5.41) is -0.927. The molecule has 1 aliphatic carbocycles. The minimum atomic E-state index is -4.80. The molecule has 0 bridgehead atoms. The Hall–Kier alpha value is -2.41. The van der Waals surface area contributed by atoms with Gasteiger partial charge in [0, 0.05) is 18.2 Å². The number of Topliss-reactive ketones (excluding diaryl/α,β-unsaturated/α-hetero) is 1. The number of sulfone groups is 2. The molecule has 35 heavy (non-hydrogen) atoms. The molecule has 13 heteroatoms. The maximum absolute atomic E-state index is 12.9. The third-order valence-corrected chi connectivity index (χ3v) is 9.22. The zero-order valence-electron chi connectivity index (χ0n) is 18.2. The summed E-state index contributed by atoms with van der Waals surface area (Å²) in [7, 11) is -8.17. The van der Waals surface area contributed by atoms with Crippen molar-refractivity contribution in [3.05, 3.63) is 59.2 Å². The average molecular weight is 543 g/mol. The molecular formula is C22H20F6O5S2. The molecule has 3 rings (SSSR count). The van der Waals surface area contributed by atoms with Crippen LogP contribution in [0.4, 0.5) is 26.3 Å². The van der Waals surface area contributed by atoms with Crippen LogP contribution in [0.2, 0.25) is 0 Å². The molecule has 0 aliphatic heterocycles. The second-order valence-corrected chi connectivity index (χ2v) is 12.7. The number of hydrogen-bond donors (Lipinski definition) is 0. The molecule has 1 fully saturated rings. The van der Waals surface area contributed by atoms with Crippen LogP contribution in [0.3, 0.4) is 0 Å². The maximum Gasteiger partial charge on any atom is 0.416 e. The Kier molecular flexibility index (Phi) is 7.17. The van der Waals surface area contributed by atoms with E-state index < -0.39 is 64.0 Å². The van der Waals surface area contributed by atoms with E-state index in [0.717, 1.165) is 24.3 Å². The highest BCUT2D eigenvalue weighted by Gasteiger charge is 2.41. The summed E-state index contributed by atoms with van der Waals surface area (Å²) in [6.45, 7) is 0. The van der Waals surface area contributed by atoms with Gasteiger partial charge in [-0.2, -0.15) is 26.3 Å². The van der Waals surface area contributed by atoms with Gasteiger partial charge in [-0.15, -0.1) is 0 Å². The number of ketones is 1. The second kappa shape index (κ2) is 9.23. The molecular weight excluding hydrogens is 522 g/mol. The van der Waals surface area contributed by atoms with Crippen LogP contribution in [0.15, 0.2) is 52.3 Å². The van der Waals surface area contributed by atoms with Crippen molar-refractivity contribution in [3.8, 4) is 0 Å². The van der Waals surface area contributed by atoms with Gasteiger partial charge in [-0.05, 0) is 61.6 Å². The maximum atomic E-state index is 12.9. The predicted octanol–water partition coefficient (Wildman–Crippen LogP) is 5.34. The molecule has 0 N–H and O–H groups in total. The molecule has 192 valence electrons. The second-order valence-electron chi connectivity index (χ2n) is 8.47. The first-order valence-corrected chi connectivity index (χ1v) is 13.7. The van der Waals surface area contributed by atoms with E-state index in [1.165, 1.54) is 0 Å². The zero-order valence-corrected chi connectivity index (χ0v) is 19.8. The number of carbonyl (C=O) groups excluding carboxylic acids is 1. The summed E-state index contributed by atoms with van der Waals surface area (Å²) in [6, 6.07) is 5.26. The smallest absolute Gasteiger partial charge is 0.294 e. The molecule has 0 spiro atoms. The normalized spacial score (nSPS) is 19.3. The van der Waals surface area contributed by atoms with Gasteiger partial charge >= 0.3 is 12.4 Å². The molecule has 2 aromatic carbocycles. The first-order chi connectivity index (χ1) is 15.9. The lowest BCUT2D eigenvalue weighted by Crippen LogP contribution is -2.36. The first-order valence-electron chi connectivity index (χ1n) is 10.3. The van der Waals surface area contributed by atoms with Gasteiger partial charge in [0.1, 0.15) is 0 Å². The number of alkyl halides is 6. The third-order valence-electron chi connectivity index (χ3n) is 5.91. The van der Waals surface area contributed by atoms with E-state index in [1.807, 2.05) is 0 Å². The van der Waals surface area contributed by atoms with Gasteiger partial charge in [-0.3, -0.25) is 4.79 Å². The fourth-order valence-corrected chi connectivity index (χ4v) is 6.83. The Morgan fingerprint density at radius 3 is 2.00 bits per heavy atom. The minimum Gasteiger partial charge on any atom is -0.294 e. The molecule has 2 aromatic rings. The Bertz CT molecular complexity index is 1340. The fourth-order valence-electron chi connectivity index (χ4n) is 3.91. The van der Waals surface area contributed by atoms with Gasteiger partial charge in [0.15, 0.2) is 25.5 Å². The first kappa shape index (κ1) is 27.2. The summed E-state index contributed by atoms with van der Waals surface area (Å²) < 4.78 is 127. The van der Waals surface area contributed by atoms with Gasteiger partial charge in [0.05, 0.1) is 26.2 Å². The van der Waals surface area contributed by atoms with E-state index in [4.69, 9.17) is 0 Å². The average Bonchev–Trinajstić information content (AvgIpc) is 2.70. The van der Waals surface area contributed by atoms with Gasteiger partial charge in [0.2, 0.25) is 0 Å². The van der Waals surface area contributed by atoms with Gasteiger partial charge < -0.3 is 0 Å². The predicted molar refractivity (Wildman–Crippen MR) is 113 cm³/mol. The lowest BCUT2D eigenvalue weighted by atomic mass is 9.80. The van der Waals surface area contributed by atoms with Crippen molar-refractivity contribution >= 4 is 25.5 Å². The van der Waals surface area contributed by atoms with Gasteiger partial charge in [-0.1, -0.05) is 6.07 Å². The van der Waals surface area contributed by atoms with Crippen LogP contribution in [-0.2, 0) is 32.0 Å².